The van der Waals surface area contributed by atoms with E-state index in [-0.39, 0.29) is 16.8 Å². The molecule has 0 atom stereocenters. The van der Waals surface area contributed by atoms with Crippen molar-refractivity contribution in [1.82, 2.24) is 9.78 Å². The first kappa shape index (κ1) is 21.6. The molecule has 2 amide bonds. The van der Waals surface area contributed by atoms with Gasteiger partial charge in [0.15, 0.2) is 12.4 Å². The zero-order valence-corrected chi connectivity index (χ0v) is 19.2. The minimum Gasteiger partial charge on any atom is -0.295 e. The number of imide groups is 1. The van der Waals surface area contributed by atoms with Crippen LogP contribution in [0.4, 0.5) is 5.69 Å². The number of rotatable bonds is 4. The molecule has 34 heavy (non-hydrogen) atoms. The van der Waals surface area contributed by atoms with E-state index >= 15 is 0 Å². The quantitative estimate of drug-likeness (QED) is 0.364. The van der Waals surface area contributed by atoms with Crippen molar-refractivity contribution in [3.8, 4) is 5.69 Å². The van der Waals surface area contributed by atoms with Gasteiger partial charge in [0.2, 0.25) is 0 Å². The zero-order valence-electron chi connectivity index (χ0n) is 18.4. The van der Waals surface area contributed by atoms with Gasteiger partial charge in [-0.1, -0.05) is 35.4 Å². The molecule has 4 aromatic rings. The Morgan fingerprint density at radius 3 is 2.06 bits per heavy atom. The van der Waals surface area contributed by atoms with Gasteiger partial charge in [-0.3, -0.25) is 19.5 Å². The molecule has 2 aromatic heterocycles. The van der Waals surface area contributed by atoms with Crippen molar-refractivity contribution >= 4 is 40.4 Å². The number of aromatic nitrogens is 3. The molecule has 0 radical (unpaired) electrons. The van der Waals surface area contributed by atoms with E-state index in [0.29, 0.717) is 22.1 Å². The Labute approximate surface area is 200 Å². The summed E-state index contributed by atoms with van der Waals surface area (Å²) >= 11 is 5.99. The molecule has 7 nitrogen and oxygen atoms in total. The van der Waals surface area contributed by atoms with Crippen LogP contribution in [0.1, 0.15) is 16.8 Å². The molecule has 0 unspecified atom stereocenters. The molecule has 0 spiro atoms. The Morgan fingerprint density at radius 1 is 0.794 bits per heavy atom. The highest BCUT2D eigenvalue weighted by molar-refractivity contribution is 6.53. The van der Waals surface area contributed by atoms with Crippen LogP contribution in [0.2, 0.25) is 5.02 Å². The summed E-state index contributed by atoms with van der Waals surface area (Å²) in [4.78, 5) is 42.0. The van der Waals surface area contributed by atoms with Gasteiger partial charge in [0, 0.05) is 22.8 Å². The minimum absolute atomic E-state index is 0.0493. The highest BCUT2D eigenvalue weighted by atomic mass is 35.5. The summed E-state index contributed by atoms with van der Waals surface area (Å²) < 4.78 is 2.91. The van der Waals surface area contributed by atoms with Gasteiger partial charge < -0.3 is 0 Å². The average molecular weight is 472 g/mol. The van der Waals surface area contributed by atoms with Crippen LogP contribution in [-0.4, -0.2) is 21.6 Å². The van der Waals surface area contributed by atoms with Crippen LogP contribution in [-0.2, 0) is 9.59 Å². The van der Waals surface area contributed by atoms with Gasteiger partial charge in [-0.05, 0) is 50.2 Å². The van der Waals surface area contributed by atoms with Gasteiger partial charge in [-0.25, -0.2) is 9.58 Å². The van der Waals surface area contributed by atoms with Crippen LogP contribution in [0.3, 0.4) is 0 Å². The number of nitrogens with zero attached hydrogens (tertiary/aromatic N) is 3. The summed E-state index contributed by atoms with van der Waals surface area (Å²) in [5.74, 6) is -1.05. The molecule has 0 bridgehead atoms. The van der Waals surface area contributed by atoms with E-state index in [9.17, 15) is 14.4 Å². The fourth-order valence-corrected chi connectivity index (χ4v) is 4.20. The Morgan fingerprint density at radius 2 is 1.41 bits per heavy atom. The zero-order chi connectivity index (χ0) is 24.0. The lowest BCUT2D eigenvalue weighted by Gasteiger charge is -2.14. The van der Waals surface area contributed by atoms with Crippen molar-refractivity contribution in [2.45, 2.75) is 13.8 Å². The summed E-state index contributed by atoms with van der Waals surface area (Å²) in [6.07, 6.45) is 3.36. The first-order chi connectivity index (χ1) is 16.4. The van der Waals surface area contributed by atoms with Gasteiger partial charge in [-0.15, -0.1) is 0 Å². The van der Waals surface area contributed by atoms with Gasteiger partial charge in [-0.2, -0.15) is 4.57 Å². The van der Waals surface area contributed by atoms with Gasteiger partial charge in [0.25, 0.3) is 17.2 Å². The molecular weight excluding hydrogens is 452 g/mol. The third kappa shape index (κ3) is 3.47. The normalized spacial score (nSPS) is 13.8. The van der Waals surface area contributed by atoms with Crippen LogP contribution < -0.4 is 15.0 Å². The van der Waals surface area contributed by atoms with Gasteiger partial charge >= 0.3 is 5.91 Å². The molecule has 0 saturated heterocycles. The Kier molecular flexibility index (Phi) is 5.26. The second-order valence-electron chi connectivity index (χ2n) is 8.02. The second-order valence-corrected chi connectivity index (χ2v) is 8.45. The number of aryl methyl sites for hydroxylation is 2. The molecule has 1 N–H and O–H groups in total. The van der Waals surface area contributed by atoms with E-state index in [0.717, 1.165) is 10.5 Å². The van der Waals surface area contributed by atoms with Crippen LogP contribution >= 0.6 is 11.6 Å². The molecule has 5 rings (SSSR count). The molecule has 1 aliphatic heterocycles. The number of amides is 2. The topological polar surface area (TPSA) is 79.1 Å². The third-order valence-corrected chi connectivity index (χ3v) is 5.98. The molecule has 0 saturated carbocycles. The number of aromatic amines is 1. The third-order valence-electron chi connectivity index (χ3n) is 5.73. The number of benzene rings is 2. The molecular formula is C26H20ClN4O3+. The molecule has 8 heteroatoms. The Bertz CT molecular complexity index is 1520. The van der Waals surface area contributed by atoms with Crippen molar-refractivity contribution in [2.24, 2.45) is 0 Å². The monoisotopic (exact) mass is 471 g/mol. The molecule has 3 heterocycles. The number of pyridine rings is 1. The van der Waals surface area contributed by atoms with Crippen LogP contribution in [0.5, 0.6) is 0 Å². The number of halogens is 1. The lowest BCUT2D eigenvalue weighted by atomic mass is 10.1. The molecule has 0 aliphatic carbocycles. The molecule has 168 valence electrons. The van der Waals surface area contributed by atoms with Crippen molar-refractivity contribution in [3.05, 3.63) is 111 Å². The number of nitrogens with one attached hydrogen (secondary N) is 1. The molecule has 2 aromatic carbocycles. The minimum atomic E-state index is -0.553. The van der Waals surface area contributed by atoms with E-state index in [1.165, 1.54) is 4.68 Å². The predicted molar refractivity (Wildman–Crippen MR) is 130 cm³/mol. The number of carbonyl (C=O) groups is 2. The van der Waals surface area contributed by atoms with Crippen molar-refractivity contribution in [3.63, 3.8) is 0 Å². The highest BCUT2D eigenvalue weighted by Gasteiger charge is 2.47. The fourth-order valence-electron chi connectivity index (χ4n) is 4.07. The largest absolute Gasteiger partial charge is 0.331 e. The van der Waals surface area contributed by atoms with Crippen LogP contribution in [0, 0.1) is 13.8 Å². The van der Waals surface area contributed by atoms with E-state index in [4.69, 9.17) is 11.6 Å². The lowest BCUT2D eigenvalue weighted by Crippen LogP contribution is -2.39. The first-order valence-electron chi connectivity index (χ1n) is 10.6. The number of anilines is 1. The average Bonchev–Trinajstić information content (AvgIpc) is 3.26. The highest BCUT2D eigenvalue weighted by Crippen LogP contribution is 2.33. The number of H-pyrrole nitrogens is 1. The van der Waals surface area contributed by atoms with Crippen molar-refractivity contribution in [2.75, 3.05) is 4.90 Å². The predicted octanol–water partition coefficient (Wildman–Crippen LogP) is 3.67. The standard InChI is InChI=1S/C26H19ClN4O3/c1-16-6-10-19(11-7-16)30-24(32)22(23(26(30)34)29-14-4-3-5-15-29)21-17(2)28-31(25(21)33)20-12-8-18(27)9-13-20/h3-15H,1-2H3/p+1. The smallest absolute Gasteiger partial charge is 0.295 e. The lowest BCUT2D eigenvalue weighted by molar-refractivity contribution is -0.576. The summed E-state index contributed by atoms with van der Waals surface area (Å²) in [7, 11) is 0. The summed E-state index contributed by atoms with van der Waals surface area (Å²) in [5.41, 5.74) is 2.35. The molecule has 1 aliphatic rings. The van der Waals surface area contributed by atoms with Crippen LogP contribution in [0.25, 0.3) is 17.0 Å². The summed E-state index contributed by atoms with van der Waals surface area (Å²) in [5, 5.41) is 3.57. The van der Waals surface area contributed by atoms with E-state index in [1.807, 2.05) is 25.1 Å². The van der Waals surface area contributed by atoms with Crippen molar-refractivity contribution in [1.29, 1.82) is 0 Å². The maximum Gasteiger partial charge on any atom is 0.331 e. The molecule has 0 fully saturated rings. The Hall–Kier alpha value is -4.23. The number of hydrogen-bond donors (Lipinski definition) is 1. The Balaban J connectivity index is 1.73. The summed E-state index contributed by atoms with van der Waals surface area (Å²) in [6.45, 7) is 3.63. The van der Waals surface area contributed by atoms with Crippen LogP contribution in [0.15, 0.2) is 83.9 Å². The SMILES string of the molecule is Cc1ccc(N2C(=O)C(c3c(C)[nH]n(-c4ccc(Cl)cc4)c3=O)=C([n+]3ccccc3)C2=O)cc1. The fraction of sp³-hybridized carbons (Fsp3) is 0.0769. The second kappa shape index (κ2) is 8.28. The van der Waals surface area contributed by atoms with Gasteiger partial charge in [0.05, 0.1) is 16.9 Å². The van der Waals surface area contributed by atoms with E-state index in [2.05, 4.69) is 5.10 Å². The first-order valence-corrected chi connectivity index (χ1v) is 11.0. The number of carbonyl (C=O) groups excluding carboxylic acids is 2. The van der Waals surface area contributed by atoms with Crippen molar-refractivity contribution < 1.29 is 14.2 Å². The number of hydrogen-bond acceptors (Lipinski definition) is 3. The van der Waals surface area contributed by atoms with Gasteiger partial charge in [0.1, 0.15) is 5.57 Å². The van der Waals surface area contributed by atoms with E-state index < -0.39 is 17.4 Å². The van der Waals surface area contributed by atoms with E-state index in [1.54, 1.807) is 72.4 Å². The maximum absolute atomic E-state index is 13.7. The maximum atomic E-state index is 13.7. The summed E-state index contributed by atoms with van der Waals surface area (Å²) in [6, 6.07) is 19.2.